The lowest BCUT2D eigenvalue weighted by molar-refractivity contribution is -0.308. The Morgan fingerprint density at radius 2 is 1.80 bits per heavy atom. The maximum Gasteiger partial charge on any atom is 0.243 e. The molecule has 4 N–H and O–H groups in total. The van der Waals surface area contributed by atoms with Crippen molar-refractivity contribution in [2.45, 2.75) is 24.9 Å². The van der Waals surface area contributed by atoms with Crippen LogP contribution in [0.3, 0.4) is 0 Å². The van der Waals surface area contributed by atoms with Crippen LogP contribution in [0.4, 0.5) is 0 Å². The minimum atomic E-state index is -1.48. The maximum absolute atomic E-state index is 11.5. The monoisotopic (exact) mass is 305 g/mol. The Balaban J connectivity index is 4.21. The van der Waals surface area contributed by atoms with Crippen molar-refractivity contribution in [1.29, 1.82) is 0 Å². The second kappa shape index (κ2) is 9.15. The minimum Gasteiger partial charge on any atom is -0.548 e. The molecule has 0 aromatic carbocycles. The van der Waals surface area contributed by atoms with E-state index in [1.807, 2.05) is 5.32 Å². The number of carboxylic acid groups (broad SMARTS) is 2. The van der Waals surface area contributed by atoms with Crippen molar-refractivity contribution in [3.8, 4) is 0 Å². The summed E-state index contributed by atoms with van der Waals surface area (Å²) in [5.41, 5.74) is 5.16. The van der Waals surface area contributed by atoms with E-state index >= 15 is 0 Å². The van der Waals surface area contributed by atoms with Crippen molar-refractivity contribution in [1.82, 2.24) is 10.6 Å². The van der Waals surface area contributed by atoms with Gasteiger partial charge in [-0.05, 0) is 6.42 Å². The number of aliphatic carboxylic acids is 2. The first-order chi connectivity index (χ1) is 9.27. The third-order valence-electron chi connectivity index (χ3n) is 2.23. The molecule has 0 aliphatic carbocycles. The predicted molar refractivity (Wildman–Crippen MR) is 66.0 cm³/mol. The second-order valence-electron chi connectivity index (χ2n) is 3.86. The van der Waals surface area contributed by atoms with Crippen molar-refractivity contribution in [2.24, 2.45) is 5.73 Å². The van der Waals surface area contributed by atoms with Gasteiger partial charge in [0.25, 0.3) is 0 Å². The fourth-order valence-corrected chi connectivity index (χ4v) is 1.40. The normalized spacial score (nSPS) is 13.1. The largest absolute Gasteiger partial charge is 0.548 e. The van der Waals surface area contributed by atoms with Gasteiger partial charge in [-0.15, -0.1) is 0 Å². The van der Waals surface area contributed by atoms with Gasteiger partial charge in [0.05, 0.1) is 18.5 Å². The van der Waals surface area contributed by atoms with E-state index in [2.05, 4.69) is 17.9 Å². The highest BCUT2D eigenvalue weighted by Crippen LogP contribution is 1.96. The van der Waals surface area contributed by atoms with E-state index in [9.17, 15) is 29.4 Å². The summed E-state index contributed by atoms with van der Waals surface area (Å²) in [4.78, 5) is 43.4. The molecule has 0 bridgehead atoms. The van der Waals surface area contributed by atoms with Crippen LogP contribution >= 0.6 is 12.6 Å². The lowest BCUT2D eigenvalue weighted by atomic mass is 10.1. The summed E-state index contributed by atoms with van der Waals surface area (Å²) >= 11 is 3.85. The van der Waals surface area contributed by atoms with Crippen LogP contribution in [0.5, 0.6) is 0 Å². The lowest BCUT2D eigenvalue weighted by Gasteiger charge is -2.17. The topological polar surface area (TPSA) is 164 Å². The Hall–Kier alpha value is -1.81. The molecule has 0 saturated carbocycles. The highest BCUT2D eigenvalue weighted by atomic mass is 32.1. The summed E-state index contributed by atoms with van der Waals surface area (Å²) in [5.74, 6) is -4.35. The Morgan fingerprint density at radius 3 is 2.25 bits per heavy atom. The van der Waals surface area contributed by atoms with Gasteiger partial charge in [0.1, 0.15) is 6.04 Å². The zero-order valence-electron chi connectivity index (χ0n) is 10.5. The highest BCUT2D eigenvalue weighted by molar-refractivity contribution is 7.80. The SMILES string of the molecule is NC(CCC(=O)NC(CS)C(=O)NCC(=O)[O-])C(=O)[O-]. The molecule has 0 heterocycles. The molecule has 10 heteroatoms. The summed E-state index contributed by atoms with van der Waals surface area (Å²) < 4.78 is 0. The smallest absolute Gasteiger partial charge is 0.243 e. The van der Waals surface area contributed by atoms with Gasteiger partial charge in [-0.1, -0.05) is 0 Å². The van der Waals surface area contributed by atoms with Gasteiger partial charge in [-0.2, -0.15) is 12.6 Å². The summed E-state index contributed by atoms with van der Waals surface area (Å²) in [5, 5.41) is 24.8. The van der Waals surface area contributed by atoms with Gasteiger partial charge in [0, 0.05) is 18.2 Å². The summed E-state index contributed by atoms with van der Waals surface area (Å²) in [7, 11) is 0. The van der Waals surface area contributed by atoms with Crippen LogP contribution in [0.1, 0.15) is 12.8 Å². The molecule has 0 aliphatic heterocycles. The summed E-state index contributed by atoms with van der Waals surface area (Å²) in [6.07, 6.45) is -0.360. The van der Waals surface area contributed by atoms with Crippen LogP contribution in [-0.4, -0.2) is 48.1 Å². The zero-order chi connectivity index (χ0) is 15.7. The molecule has 0 aliphatic rings. The molecule has 2 amide bonds. The van der Waals surface area contributed by atoms with E-state index in [1.54, 1.807) is 0 Å². The van der Waals surface area contributed by atoms with E-state index in [-0.39, 0.29) is 18.6 Å². The standard InChI is InChI=1S/C10H17N3O6S/c11-5(10(18)19)1-2-7(14)13-6(4-20)9(17)12-3-8(15)16/h5-6,20H,1-4,11H2,(H,12,17)(H,13,14)(H,15,16)(H,18,19)/p-2. The van der Waals surface area contributed by atoms with E-state index in [0.717, 1.165) is 0 Å². The van der Waals surface area contributed by atoms with Crippen LogP contribution in [0.25, 0.3) is 0 Å². The van der Waals surface area contributed by atoms with Gasteiger partial charge in [-0.3, -0.25) is 9.59 Å². The van der Waals surface area contributed by atoms with Crippen molar-refractivity contribution < 1.29 is 29.4 Å². The molecule has 2 atom stereocenters. The molecule has 0 aromatic heterocycles. The minimum absolute atomic E-state index is 0.0584. The molecular weight excluding hydrogens is 290 g/mol. The first-order valence-corrected chi connectivity index (χ1v) is 6.25. The molecular formula is C10H15N3O6S-2. The molecule has 0 aromatic rings. The predicted octanol–water partition coefficient (Wildman–Crippen LogP) is -4.88. The number of nitrogens with one attached hydrogen (secondary N) is 2. The number of nitrogens with two attached hydrogens (primary N) is 1. The number of carbonyl (C=O) groups is 4. The van der Waals surface area contributed by atoms with Crippen LogP contribution in [-0.2, 0) is 19.2 Å². The molecule has 0 spiro atoms. The van der Waals surface area contributed by atoms with Gasteiger partial charge in [0.2, 0.25) is 11.8 Å². The molecule has 0 saturated heterocycles. The van der Waals surface area contributed by atoms with Crippen LogP contribution in [0.15, 0.2) is 0 Å². The van der Waals surface area contributed by atoms with Crippen molar-refractivity contribution in [3.05, 3.63) is 0 Å². The molecule has 114 valence electrons. The molecule has 9 nitrogen and oxygen atoms in total. The fourth-order valence-electron chi connectivity index (χ4n) is 1.15. The molecule has 20 heavy (non-hydrogen) atoms. The number of hydrogen-bond donors (Lipinski definition) is 4. The van der Waals surface area contributed by atoms with Gasteiger partial charge in [0.15, 0.2) is 0 Å². The van der Waals surface area contributed by atoms with E-state index in [4.69, 9.17) is 5.73 Å². The number of thiol groups is 1. The third-order valence-corrected chi connectivity index (χ3v) is 2.59. The molecule has 2 unspecified atom stereocenters. The van der Waals surface area contributed by atoms with Gasteiger partial charge in [-0.25, -0.2) is 0 Å². The Labute approximate surface area is 120 Å². The second-order valence-corrected chi connectivity index (χ2v) is 4.22. The van der Waals surface area contributed by atoms with Crippen LogP contribution in [0, 0.1) is 0 Å². The number of amides is 2. The summed E-state index contributed by atoms with van der Waals surface area (Å²) in [6.45, 7) is -0.686. The zero-order valence-corrected chi connectivity index (χ0v) is 11.4. The van der Waals surface area contributed by atoms with E-state index in [0.29, 0.717) is 0 Å². The number of rotatable bonds is 9. The average Bonchev–Trinajstić information content (AvgIpc) is 2.38. The maximum atomic E-state index is 11.5. The lowest BCUT2D eigenvalue weighted by Crippen LogP contribution is -2.50. The average molecular weight is 305 g/mol. The van der Waals surface area contributed by atoms with Crippen LogP contribution in [0.2, 0.25) is 0 Å². The number of hydrogen-bond acceptors (Lipinski definition) is 8. The highest BCUT2D eigenvalue weighted by Gasteiger charge is 2.19. The fraction of sp³-hybridized carbons (Fsp3) is 0.600. The van der Waals surface area contributed by atoms with E-state index < -0.39 is 42.4 Å². The molecule has 0 radical (unpaired) electrons. The quantitative estimate of drug-likeness (QED) is 0.310. The molecule has 0 rings (SSSR count). The molecule has 0 fully saturated rings. The van der Waals surface area contributed by atoms with Crippen molar-refractivity contribution >= 4 is 36.4 Å². The number of carbonyl (C=O) groups excluding carboxylic acids is 4. The van der Waals surface area contributed by atoms with Crippen molar-refractivity contribution in [3.63, 3.8) is 0 Å². The van der Waals surface area contributed by atoms with E-state index in [1.165, 1.54) is 0 Å². The van der Waals surface area contributed by atoms with Crippen LogP contribution < -0.4 is 26.6 Å². The van der Waals surface area contributed by atoms with Crippen molar-refractivity contribution in [2.75, 3.05) is 12.3 Å². The number of carboxylic acids is 2. The van der Waals surface area contributed by atoms with Gasteiger partial charge >= 0.3 is 0 Å². The Bertz CT molecular complexity index is 389. The first-order valence-electron chi connectivity index (χ1n) is 5.62. The third kappa shape index (κ3) is 7.59. The van der Waals surface area contributed by atoms with Gasteiger partial charge < -0.3 is 36.2 Å². The summed E-state index contributed by atoms with van der Waals surface area (Å²) in [6, 6.07) is -2.31. The Kier molecular flexibility index (Phi) is 8.32. The Morgan fingerprint density at radius 1 is 1.20 bits per heavy atom. The first kappa shape index (κ1) is 18.2.